The average Bonchev–Trinajstić information content (AvgIpc) is 2.69. The molecule has 1 aromatic carbocycles. The fourth-order valence-corrected chi connectivity index (χ4v) is 2.43. The number of thiocarbonyl (C=S) groups is 1. The van der Waals surface area contributed by atoms with E-state index in [1.165, 1.54) is 24.0 Å². The lowest BCUT2D eigenvalue weighted by molar-refractivity contribution is -0.123. The molecule has 2 rings (SSSR count). The van der Waals surface area contributed by atoms with Gasteiger partial charge in [-0.15, -0.1) is 0 Å². The highest BCUT2D eigenvalue weighted by molar-refractivity contribution is 8.23. The van der Waals surface area contributed by atoms with Crippen LogP contribution in [0.2, 0.25) is 0 Å². The van der Waals surface area contributed by atoms with Crippen molar-refractivity contribution in [3.63, 3.8) is 0 Å². The van der Waals surface area contributed by atoms with Crippen molar-refractivity contribution >= 4 is 40.4 Å². The quantitative estimate of drug-likeness (QED) is 0.680. The SMILES string of the molecule is CCOc1ccc(C=NN2C(=O)CSC2=S)c(O)c1. The largest absolute Gasteiger partial charge is 0.507 e. The predicted molar refractivity (Wildman–Crippen MR) is 78.8 cm³/mol. The second-order valence-electron chi connectivity index (χ2n) is 3.66. The van der Waals surface area contributed by atoms with Gasteiger partial charge >= 0.3 is 0 Å². The van der Waals surface area contributed by atoms with Crippen molar-refractivity contribution in [2.45, 2.75) is 6.92 Å². The highest BCUT2D eigenvalue weighted by Gasteiger charge is 2.25. The number of rotatable bonds is 4. The number of carbonyl (C=O) groups excluding carboxylic acids is 1. The summed E-state index contributed by atoms with van der Waals surface area (Å²) in [6.07, 6.45) is 1.40. The van der Waals surface area contributed by atoms with E-state index in [-0.39, 0.29) is 11.7 Å². The number of ether oxygens (including phenoxy) is 1. The Hall–Kier alpha value is -1.60. The molecule has 0 radical (unpaired) electrons. The van der Waals surface area contributed by atoms with Crippen molar-refractivity contribution in [2.24, 2.45) is 5.10 Å². The Kier molecular flexibility index (Phi) is 4.39. The molecule has 0 spiro atoms. The summed E-state index contributed by atoms with van der Waals surface area (Å²) in [5, 5.41) is 15.0. The molecule has 0 aromatic heterocycles. The third-order valence-corrected chi connectivity index (χ3v) is 3.69. The van der Waals surface area contributed by atoms with E-state index < -0.39 is 0 Å². The first-order valence-electron chi connectivity index (χ1n) is 5.61. The van der Waals surface area contributed by atoms with Gasteiger partial charge < -0.3 is 9.84 Å². The lowest BCUT2D eigenvalue weighted by Gasteiger charge is -2.08. The van der Waals surface area contributed by atoms with Gasteiger partial charge in [-0.05, 0) is 19.1 Å². The molecule has 100 valence electrons. The Morgan fingerprint density at radius 3 is 3.00 bits per heavy atom. The number of thioether (sulfide) groups is 1. The van der Waals surface area contributed by atoms with E-state index in [1.807, 2.05) is 6.92 Å². The van der Waals surface area contributed by atoms with Crippen LogP contribution in [0, 0.1) is 0 Å². The molecular weight excluding hydrogens is 284 g/mol. The topological polar surface area (TPSA) is 62.1 Å². The van der Waals surface area contributed by atoms with Crippen molar-refractivity contribution in [1.82, 2.24) is 5.01 Å². The molecule has 1 heterocycles. The van der Waals surface area contributed by atoms with Crippen molar-refractivity contribution in [1.29, 1.82) is 0 Å². The van der Waals surface area contributed by atoms with E-state index >= 15 is 0 Å². The lowest BCUT2D eigenvalue weighted by Crippen LogP contribution is -2.22. The van der Waals surface area contributed by atoms with E-state index in [2.05, 4.69) is 5.10 Å². The third kappa shape index (κ3) is 3.24. The molecule has 1 fully saturated rings. The van der Waals surface area contributed by atoms with E-state index in [0.29, 0.717) is 28.0 Å². The number of phenols is 1. The van der Waals surface area contributed by atoms with E-state index in [9.17, 15) is 9.90 Å². The van der Waals surface area contributed by atoms with Gasteiger partial charge in [0.2, 0.25) is 0 Å². The van der Waals surface area contributed by atoms with Gasteiger partial charge in [-0.2, -0.15) is 10.1 Å². The Balaban J connectivity index is 2.14. The predicted octanol–water partition coefficient (Wildman–Crippen LogP) is 1.99. The van der Waals surface area contributed by atoms with Crippen LogP contribution in [0.3, 0.4) is 0 Å². The third-order valence-electron chi connectivity index (χ3n) is 2.35. The minimum absolute atomic E-state index is 0.0416. The van der Waals surface area contributed by atoms with E-state index in [4.69, 9.17) is 17.0 Å². The number of amides is 1. The van der Waals surface area contributed by atoms with Crippen molar-refractivity contribution in [2.75, 3.05) is 12.4 Å². The van der Waals surface area contributed by atoms with Crippen LogP contribution in [-0.4, -0.2) is 38.9 Å². The van der Waals surface area contributed by atoms with Gasteiger partial charge in [-0.25, -0.2) is 0 Å². The maximum Gasteiger partial charge on any atom is 0.259 e. The summed E-state index contributed by atoms with van der Waals surface area (Å²) in [7, 11) is 0. The summed E-state index contributed by atoms with van der Waals surface area (Å²) in [4.78, 5) is 11.5. The smallest absolute Gasteiger partial charge is 0.259 e. The molecule has 1 N–H and O–H groups in total. The summed E-state index contributed by atoms with van der Waals surface area (Å²) in [5.74, 6) is 0.780. The maximum absolute atomic E-state index is 11.5. The number of hydrogen-bond acceptors (Lipinski definition) is 6. The number of benzene rings is 1. The highest BCUT2D eigenvalue weighted by Crippen LogP contribution is 2.23. The standard InChI is InChI=1S/C12H12N2O3S2/c1-2-17-9-4-3-8(10(15)5-9)6-13-14-11(16)7-19-12(14)18/h3-6,15H,2,7H2,1H3. The zero-order valence-electron chi connectivity index (χ0n) is 10.2. The van der Waals surface area contributed by atoms with E-state index in [0.717, 1.165) is 5.01 Å². The molecule has 0 bridgehead atoms. The monoisotopic (exact) mass is 296 g/mol. The Labute approximate surface area is 120 Å². The molecule has 0 aliphatic carbocycles. The van der Waals surface area contributed by atoms with Crippen LogP contribution in [0.25, 0.3) is 0 Å². The zero-order valence-corrected chi connectivity index (χ0v) is 11.8. The summed E-state index contributed by atoms with van der Waals surface area (Å²) in [6, 6.07) is 4.90. The molecule has 1 saturated heterocycles. The van der Waals surface area contributed by atoms with Gasteiger partial charge in [0.05, 0.1) is 18.6 Å². The fraction of sp³-hybridized carbons (Fsp3) is 0.250. The molecule has 7 heteroatoms. The van der Waals surface area contributed by atoms with Crippen LogP contribution in [0.5, 0.6) is 11.5 Å². The zero-order chi connectivity index (χ0) is 13.8. The van der Waals surface area contributed by atoms with Crippen LogP contribution in [0.15, 0.2) is 23.3 Å². The Bertz CT molecular complexity index is 530. The van der Waals surface area contributed by atoms with Gasteiger partial charge in [0.1, 0.15) is 11.5 Å². The average molecular weight is 296 g/mol. The summed E-state index contributed by atoms with van der Waals surface area (Å²) >= 11 is 6.27. The number of aromatic hydroxyl groups is 1. The van der Waals surface area contributed by atoms with Crippen molar-refractivity contribution in [3.05, 3.63) is 23.8 Å². The summed E-state index contributed by atoms with van der Waals surface area (Å²) < 4.78 is 5.68. The molecule has 0 saturated carbocycles. The van der Waals surface area contributed by atoms with Gasteiger partial charge in [0.15, 0.2) is 4.32 Å². The minimum atomic E-state index is -0.156. The van der Waals surface area contributed by atoms with Gasteiger partial charge in [-0.1, -0.05) is 24.0 Å². The Morgan fingerprint density at radius 1 is 1.63 bits per heavy atom. The van der Waals surface area contributed by atoms with Crippen LogP contribution >= 0.6 is 24.0 Å². The van der Waals surface area contributed by atoms with Gasteiger partial charge in [0.25, 0.3) is 5.91 Å². The molecule has 0 atom stereocenters. The van der Waals surface area contributed by atoms with Crippen LogP contribution in [0.4, 0.5) is 0 Å². The molecule has 1 aliphatic rings. The number of hydrazone groups is 1. The second-order valence-corrected chi connectivity index (χ2v) is 5.27. The minimum Gasteiger partial charge on any atom is -0.507 e. The molecule has 1 aromatic rings. The lowest BCUT2D eigenvalue weighted by atomic mass is 10.2. The fourth-order valence-electron chi connectivity index (χ4n) is 1.47. The van der Waals surface area contributed by atoms with Gasteiger partial charge in [-0.3, -0.25) is 4.79 Å². The molecule has 5 nitrogen and oxygen atoms in total. The van der Waals surface area contributed by atoms with Crippen LogP contribution < -0.4 is 4.74 Å². The van der Waals surface area contributed by atoms with Crippen LogP contribution in [0.1, 0.15) is 12.5 Å². The molecule has 19 heavy (non-hydrogen) atoms. The molecule has 1 amide bonds. The van der Waals surface area contributed by atoms with Crippen molar-refractivity contribution in [3.8, 4) is 11.5 Å². The van der Waals surface area contributed by atoms with E-state index in [1.54, 1.807) is 12.1 Å². The summed E-state index contributed by atoms with van der Waals surface area (Å²) in [6.45, 7) is 2.39. The molecular formula is C12H12N2O3S2. The van der Waals surface area contributed by atoms with Gasteiger partial charge in [0, 0.05) is 11.6 Å². The first kappa shape index (κ1) is 13.8. The normalized spacial score (nSPS) is 15.5. The second kappa shape index (κ2) is 6.03. The number of phenolic OH excluding ortho intramolecular Hbond substituents is 1. The first-order chi connectivity index (χ1) is 9.11. The number of carbonyl (C=O) groups is 1. The summed E-state index contributed by atoms with van der Waals surface area (Å²) in [5.41, 5.74) is 0.496. The number of hydrogen-bond donors (Lipinski definition) is 1. The highest BCUT2D eigenvalue weighted by atomic mass is 32.2. The maximum atomic E-state index is 11.5. The first-order valence-corrected chi connectivity index (χ1v) is 7.00. The number of nitrogens with zero attached hydrogens (tertiary/aromatic N) is 2. The molecule has 0 unspecified atom stereocenters. The van der Waals surface area contributed by atoms with Crippen LogP contribution in [-0.2, 0) is 4.79 Å². The Morgan fingerprint density at radius 2 is 2.42 bits per heavy atom. The van der Waals surface area contributed by atoms with Crippen molar-refractivity contribution < 1.29 is 14.6 Å². The molecule has 1 aliphatic heterocycles.